The zero-order valence-electron chi connectivity index (χ0n) is 39.0. The van der Waals surface area contributed by atoms with E-state index >= 15 is 0 Å². The monoisotopic (exact) mass is 850 g/mol. The summed E-state index contributed by atoms with van der Waals surface area (Å²) < 4.78 is 12.1. The number of anilines is 2. The molecular weight excluding hydrogens is 775 g/mol. The van der Waals surface area contributed by atoms with E-state index < -0.39 is 48.3 Å². The Balaban J connectivity index is 1.81. The molecule has 1 heterocycles. The van der Waals surface area contributed by atoms with Crippen molar-refractivity contribution >= 4 is 40.9 Å². The van der Waals surface area contributed by atoms with E-state index in [0.29, 0.717) is 18.7 Å². The molecule has 0 spiro atoms. The molecule has 14 heteroatoms. The minimum absolute atomic E-state index is 0.0000143. The fourth-order valence-electron chi connectivity index (χ4n) is 8.72. The van der Waals surface area contributed by atoms with Crippen LogP contribution in [0.15, 0.2) is 54.6 Å². The number of hydrogen-bond donors (Lipinski definition) is 4. The van der Waals surface area contributed by atoms with E-state index in [1.807, 2.05) is 110 Å². The number of amides is 5. The molecule has 0 radical (unpaired) electrons. The normalized spacial score (nSPS) is 18.1. The Hall–Kier alpha value is -4.53. The van der Waals surface area contributed by atoms with Crippen molar-refractivity contribution in [2.45, 2.75) is 123 Å². The molecule has 1 unspecified atom stereocenters. The van der Waals surface area contributed by atoms with Crippen molar-refractivity contribution in [1.29, 1.82) is 0 Å². The van der Waals surface area contributed by atoms with Gasteiger partial charge in [0.2, 0.25) is 29.5 Å². The number of carbonyl (C=O) groups is 5. The second kappa shape index (κ2) is 24.2. The van der Waals surface area contributed by atoms with Crippen molar-refractivity contribution in [3.63, 3.8) is 0 Å². The van der Waals surface area contributed by atoms with Crippen LogP contribution in [0.5, 0.6) is 0 Å². The summed E-state index contributed by atoms with van der Waals surface area (Å²) in [6.45, 7) is 14.1. The maximum atomic E-state index is 14.4. The molecule has 61 heavy (non-hydrogen) atoms. The fraction of sp³-hybridized carbons (Fsp3) is 0.638. The van der Waals surface area contributed by atoms with Gasteiger partial charge in [0.05, 0.1) is 42.7 Å². The van der Waals surface area contributed by atoms with Crippen molar-refractivity contribution < 1.29 is 33.4 Å². The standard InChI is InChI=1S/C47H75N7O7/c1-14-31(6)42(53(11)47(59)40(29(2)3)51-46(58)41(30(4)5)52(9)10)38(60-12)28-39(55)54-26-18-21-37(54)43(61-13)32(7)44(56)50-36(27-33-19-16-15-17-20-33)45(57)49-35-24-22-34(48-8)23-25-35/h15-17,19-20,22-25,29-32,36-38,40-43,48H,14,18,21,26-28H2,1-13H3,(H,49,57)(H,50,56)(H,51,58)/t31-,32+,36-,37-,38+,40-,41?,42-,43+/m0/s1. The lowest BCUT2D eigenvalue weighted by molar-refractivity contribution is -0.148. The molecule has 2 aromatic carbocycles. The van der Waals surface area contributed by atoms with Gasteiger partial charge in [-0.3, -0.25) is 28.9 Å². The van der Waals surface area contributed by atoms with Crippen LogP contribution in [0.4, 0.5) is 11.4 Å². The quantitative estimate of drug-likeness (QED) is 0.120. The molecule has 3 rings (SSSR count). The van der Waals surface area contributed by atoms with E-state index in [1.165, 1.54) is 0 Å². The van der Waals surface area contributed by atoms with Gasteiger partial charge in [0, 0.05) is 52.7 Å². The number of methoxy groups -OCH3 is 2. The van der Waals surface area contributed by atoms with E-state index in [2.05, 4.69) is 21.3 Å². The summed E-state index contributed by atoms with van der Waals surface area (Å²) in [7, 11) is 10.4. The van der Waals surface area contributed by atoms with Gasteiger partial charge < -0.3 is 40.5 Å². The van der Waals surface area contributed by atoms with E-state index in [9.17, 15) is 24.0 Å². The topological polar surface area (TPSA) is 162 Å². The van der Waals surface area contributed by atoms with Gasteiger partial charge in [-0.15, -0.1) is 0 Å². The van der Waals surface area contributed by atoms with Gasteiger partial charge in [0.25, 0.3) is 0 Å². The van der Waals surface area contributed by atoms with E-state index in [1.54, 1.807) is 50.1 Å². The highest BCUT2D eigenvalue weighted by atomic mass is 16.5. The first kappa shape index (κ1) is 50.8. The predicted molar refractivity (Wildman–Crippen MR) is 242 cm³/mol. The van der Waals surface area contributed by atoms with Crippen molar-refractivity contribution in [1.82, 2.24) is 25.3 Å². The third-order valence-corrected chi connectivity index (χ3v) is 12.3. The molecule has 9 atom stereocenters. The van der Waals surface area contributed by atoms with Crippen LogP contribution in [-0.4, -0.2) is 136 Å². The maximum absolute atomic E-state index is 14.4. The highest BCUT2D eigenvalue weighted by Crippen LogP contribution is 2.30. The van der Waals surface area contributed by atoms with Gasteiger partial charge in [-0.2, -0.15) is 0 Å². The fourth-order valence-corrected chi connectivity index (χ4v) is 8.72. The number of likely N-dealkylation sites (tertiary alicyclic amines) is 1. The van der Waals surface area contributed by atoms with Crippen LogP contribution in [0.25, 0.3) is 0 Å². The minimum Gasteiger partial charge on any atom is -0.388 e. The van der Waals surface area contributed by atoms with Crippen LogP contribution in [0.3, 0.4) is 0 Å². The summed E-state index contributed by atoms with van der Waals surface area (Å²) in [6.07, 6.45) is 1.03. The van der Waals surface area contributed by atoms with Crippen LogP contribution < -0.4 is 21.3 Å². The number of ether oxygens (including phenoxy) is 2. The van der Waals surface area contributed by atoms with Gasteiger partial charge in [0.15, 0.2) is 0 Å². The SMILES string of the molecule is CC[C@H](C)[C@@H]([C@@H](CC(=O)N1CCC[C@H]1[C@H](OC)[C@@H](C)C(=O)N[C@@H](Cc1ccccc1)C(=O)Nc1ccc(NC)cc1)OC)N(C)C(=O)[C@@H](NC(=O)C(C(C)C)N(C)C)C(C)C. The van der Waals surface area contributed by atoms with Gasteiger partial charge in [-0.1, -0.05) is 85.2 Å². The molecule has 0 aliphatic carbocycles. The number of benzene rings is 2. The summed E-state index contributed by atoms with van der Waals surface area (Å²) in [5.41, 5.74) is 2.39. The lowest BCUT2D eigenvalue weighted by atomic mass is 9.89. The smallest absolute Gasteiger partial charge is 0.247 e. The van der Waals surface area contributed by atoms with Crippen LogP contribution in [-0.2, 0) is 39.9 Å². The molecule has 1 aliphatic heterocycles. The zero-order chi connectivity index (χ0) is 45.6. The highest BCUT2D eigenvalue weighted by Gasteiger charge is 2.43. The molecule has 0 aromatic heterocycles. The third-order valence-electron chi connectivity index (χ3n) is 12.3. The number of nitrogens with one attached hydrogen (secondary N) is 4. The largest absolute Gasteiger partial charge is 0.388 e. The highest BCUT2D eigenvalue weighted by molar-refractivity contribution is 5.98. The van der Waals surface area contributed by atoms with Gasteiger partial charge in [-0.05, 0) is 74.5 Å². The number of rotatable bonds is 23. The molecule has 1 fully saturated rings. The molecule has 2 aromatic rings. The van der Waals surface area contributed by atoms with Crippen LogP contribution in [0, 0.1) is 23.7 Å². The first-order chi connectivity index (χ1) is 28.9. The van der Waals surface area contributed by atoms with Crippen molar-refractivity contribution in [3.8, 4) is 0 Å². The van der Waals surface area contributed by atoms with Crippen LogP contribution in [0.1, 0.15) is 79.7 Å². The number of hydrogen-bond acceptors (Lipinski definition) is 9. The molecule has 1 aliphatic rings. The summed E-state index contributed by atoms with van der Waals surface area (Å²) in [5, 5.41) is 12.1. The average molecular weight is 850 g/mol. The van der Waals surface area contributed by atoms with Crippen molar-refractivity contribution in [3.05, 3.63) is 60.2 Å². The number of nitrogens with zero attached hydrogens (tertiary/aromatic N) is 3. The van der Waals surface area contributed by atoms with Crippen LogP contribution >= 0.6 is 0 Å². The minimum atomic E-state index is -0.881. The second-order valence-electron chi connectivity index (χ2n) is 17.5. The Morgan fingerprint density at radius 3 is 1.95 bits per heavy atom. The summed E-state index contributed by atoms with van der Waals surface area (Å²) in [6, 6.07) is 13.9. The van der Waals surface area contributed by atoms with Crippen LogP contribution in [0.2, 0.25) is 0 Å². The summed E-state index contributed by atoms with van der Waals surface area (Å²) in [4.78, 5) is 75.3. The summed E-state index contributed by atoms with van der Waals surface area (Å²) >= 11 is 0. The Bertz CT molecular complexity index is 1700. The molecule has 4 N–H and O–H groups in total. The second-order valence-corrected chi connectivity index (χ2v) is 17.5. The van der Waals surface area contributed by atoms with E-state index in [0.717, 1.165) is 24.1 Å². The lowest BCUT2D eigenvalue weighted by Crippen LogP contribution is -2.59. The molecule has 1 saturated heterocycles. The molecule has 0 saturated carbocycles. The Morgan fingerprint density at radius 2 is 1.43 bits per heavy atom. The van der Waals surface area contributed by atoms with E-state index in [-0.39, 0.29) is 60.1 Å². The number of likely N-dealkylation sites (N-methyl/N-ethyl adjacent to an activating group) is 2. The molecule has 0 bridgehead atoms. The third kappa shape index (κ3) is 13.7. The maximum Gasteiger partial charge on any atom is 0.247 e. The Morgan fingerprint density at radius 1 is 0.803 bits per heavy atom. The Kier molecular flexibility index (Phi) is 20.2. The average Bonchev–Trinajstić information content (AvgIpc) is 3.72. The molecule has 14 nitrogen and oxygen atoms in total. The van der Waals surface area contributed by atoms with E-state index in [4.69, 9.17) is 9.47 Å². The van der Waals surface area contributed by atoms with Gasteiger partial charge in [0.1, 0.15) is 12.1 Å². The molecule has 5 amide bonds. The first-order valence-electron chi connectivity index (χ1n) is 21.9. The van der Waals surface area contributed by atoms with Gasteiger partial charge >= 0.3 is 0 Å². The Labute approximate surface area is 365 Å². The molecule has 340 valence electrons. The van der Waals surface area contributed by atoms with Crippen molar-refractivity contribution in [2.75, 3.05) is 59.6 Å². The molecular formula is C47H75N7O7. The first-order valence-corrected chi connectivity index (χ1v) is 21.9. The van der Waals surface area contributed by atoms with Crippen molar-refractivity contribution in [2.24, 2.45) is 23.7 Å². The predicted octanol–water partition coefficient (Wildman–Crippen LogP) is 5.04. The summed E-state index contributed by atoms with van der Waals surface area (Å²) in [5.74, 6) is -2.25. The van der Waals surface area contributed by atoms with Gasteiger partial charge in [-0.25, -0.2) is 0 Å². The number of carbonyl (C=O) groups excluding carboxylic acids is 5. The zero-order valence-corrected chi connectivity index (χ0v) is 39.0. The lowest BCUT2D eigenvalue weighted by Gasteiger charge is -2.41.